The minimum atomic E-state index is 0.640. The van der Waals surface area contributed by atoms with Crippen LogP contribution in [0, 0.1) is 0 Å². The maximum absolute atomic E-state index is 4.34. The van der Waals surface area contributed by atoms with Gasteiger partial charge in [0.25, 0.3) is 0 Å². The van der Waals surface area contributed by atoms with Gasteiger partial charge in [0.15, 0.2) is 0 Å². The molecule has 0 amide bonds. The van der Waals surface area contributed by atoms with Crippen molar-refractivity contribution in [3.05, 3.63) is 11.8 Å². The van der Waals surface area contributed by atoms with Crippen molar-refractivity contribution >= 4 is 5.82 Å². The van der Waals surface area contributed by atoms with Gasteiger partial charge in [-0.25, -0.2) is 0 Å². The van der Waals surface area contributed by atoms with Crippen molar-refractivity contribution in [2.75, 3.05) is 25.5 Å². The maximum atomic E-state index is 4.34. The van der Waals surface area contributed by atoms with Gasteiger partial charge in [-0.05, 0) is 39.3 Å². The largest absolute Gasteiger partial charge is 0.366 e. The summed E-state index contributed by atoms with van der Waals surface area (Å²) in [4.78, 5) is 2.41. The number of anilines is 1. The number of H-pyrrole nitrogens is 1. The molecule has 3 rings (SSSR count). The standard InChI is InChI=1S/C12H20N4/c1-16-6-2-3-9(8-16)11-7-12(15-14-11)13-10-4-5-10/h7,9-10H,2-6,8H2,1H3,(H2,13,14,15). The van der Waals surface area contributed by atoms with Crippen molar-refractivity contribution in [1.82, 2.24) is 15.1 Å². The average molecular weight is 220 g/mol. The van der Waals surface area contributed by atoms with Gasteiger partial charge >= 0.3 is 0 Å². The fourth-order valence-electron chi connectivity index (χ4n) is 2.48. The fraction of sp³-hybridized carbons (Fsp3) is 0.750. The Morgan fingerprint density at radius 2 is 2.31 bits per heavy atom. The second kappa shape index (κ2) is 4.09. The summed E-state index contributed by atoms with van der Waals surface area (Å²) in [6.07, 6.45) is 5.18. The van der Waals surface area contributed by atoms with E-state index < -0.39 is 0 Å². The van der Waals surface area contributed by atoms with E-state index in [-0.39, 0.29) is 0 Å². The van der Waals surface area contributed by atoms with Gasteiger partial charge in [-0.15, -0.1) is 0 Å². The summed E-state index contributed by atoms with van der Waals surface area (Å²) in [6, 6.07) is 2.88. The zero-order valence-electron chi connectivity index (χ0n) is 9.87. The number of likely N-dealkylation sites (tertiary alicyclic amines) is 1. The van der Waals surface area contributed by atoms with Gasteiger partial charge in [0, 0.05) is 30.3 Å². The highest BCUT2D eigenvalue weighted by molar-refractivity contribution is 5.38. The predicted octanol–water partition coefficient (Wildman–Crippen LogP) is 1.79. The van der Waals surface area contributed by atoms with E-state index >= 15 is 0 Å². The van der Waals surface area contributed by atoms with E-state index in [1.165, 1.54) is 37.9 Å². The van der Waals surface area contributed by atoms with Gasteiger partial charge in [0.05, 0.1) is 0 Å². The maximum Gasteiger partial charge on any atom is 0.148 e. The third-order valence-corrected chi connectivity index (χ3v) is 3.59. The lowest BCUT2D eigenvalue weighted by atomic mass is 9.95. The molecule has 1 saturated carbocycles. The Hall–Kier alpha value is -1.03. The van der Waals surface area contributed by atoms with E-state index in [1.807, 2.05) is 0 Å². The van der Waals surface area contributed by atoms with Crippen LogP contribution in [0.1, 0.15) is 37.3 Å². The molecule has 1 aliphatic heterocycles. The average Bonchev–Trinajstić information content (AvgIpc) is 2.94. The zero-order chi connectivity index (χ0) is 11.0. The van der Waals surface area contributed by atoms with Crippen molar-refractivity contribution in [3.8, 4) is 0 Å². The van der Waals surface area contributed by atoms with Gasteiger partial charge in [0.1, 0.15) is 5.82 Å². The van der Waals surface area contributed by atoms with Crippen LogP contribution in [0.2, 0.25) is 0 Å². The van der Waals surface area contributed by atoms with Crippen molar-refractivity contribution in [1.29, 1.82) is 0 Å². The van der Waals surface area contributed by atoms with E-state index in [1.54, 1.807) is 0 Å². The molecule has 1 aliphatic carbocycles. The lowest BCUT2D eigenvalue weighted by molar-refractivity contribution is 0.248. The van der Waals surface area contributed by atoms with E-state index in [0.29, 0.717) is 12.0 Å². The molecule has 16 heavy (non-hydrogen) atoms. The van der Waals surface area contributed by atoms with Gasteiger partial charge < -0.3 is 10.2 Å². The topological polar surface area (TPSA) is 44.0 Å². The molecule has 88 valence electrons. The van der Waals surface area contributed by atoms with E-state index in [9.17, 15) is 0 Å². The van der Waals surface area contributed by atoms with Gasteiger partial charge in [-0.3, -0.25) is 5.10 Å². The molecule has 0 aromatic carbocycles. The summed E-state index contributed by atoms with van der Waals surface area (Å²) in [6.45, 7) is 2.39. The Bertz CT molecular complexity index is 356. The minimum Gasteiger partial charge on any atom is -0.366 e. The van der Waals surface area contributed by atoms with Crippen LogP contribution in [-0.2, 0) is 0 Å². The van der Waals surface area contributed by atoms with Crippen LogP contribution in [0.15, 0.2) is 6.07 Å². The molecule has 1 aromatic rings. The summed E-state index contributed by atoms with van der Waals surface area (Å²) in [5.74, 6) is 1.67. The summed E-state index contributed by atoms with van der Waals surface area (Å²) >= 11 is 0. The first-order valence-corrected chi connectivity index (χ1v) is 6.31. The molecular weight excluding hydrogens is 200 g/mol. The molecule has 2 N–H and O–H groups in total. The summed E-state index contributed by atoms with van der Waals surface area (Å²) < 4.78 is 0. The number of aromatic amines is 1. The van der Waals surface area contributed by atoms with E-state index in [4.69, 9.17) is 0 Å². The molecule has 2 heterocycles. The van der Waals surface area contributed by atoms with Crippen LogP contribution in [0.5, 0.6) is 0 Å². The SMILES string of the molecule is CN1CCCC(c2cc(NC3CC3)n[nH]2)C1. The number of hydrogen-bond donors (Lipinski definition) is 2. The molecule has 0 radical (unpaired) electrons. The smallest absolute Gasteiger partial charge is 0.148 e. The quantitative estimate of drug-likeness (QED) is 0.816. The molecule has 2 aliphatic rings. The number of likely N-dealkylation sites (N-methyl/N-ethyl adjacent to an activating group) is 1. The second-order valence-electron chi connectivity index (χ2n) is 5.23. The van der Waals surface area contributed by atoms with Gasteiger partial charge in [-0.2, -0.15) is 5.10 Å². The Balaban J connectivity index is 1.65. The number of aromatic nitrogens is 2. The minimum absolute atomic E-state index is 0.640. The molecule has 0 spiro atoms. The Morgan fingerprint density at radius 3 is 3.06 bits per heavy atom. The lowest BCUT2D eigenvalue weighted by Gasteiger charge is -2.28. The monoisotopic (exact) mass is 220 g/mol. The zero-order valence-corrected chi connectivity index (χ0v) is 9.87. The Labute approximate surface area is 96.4 Å². The number of nitrogens with one attached hydrogen (secondary N) is 2. The van der Waals surface area contributed by atoms with Crippen LogP contribution in [0.4, 0.5) is 5.82 Å². The highest BCUT2D eigenvalue weighted by Gasteiger charge is 2.24. The summed E-state index contributed by atoms with van der Waals surface area (Å²) in [5.41, 5.74) is 1.30. The third kappa shape index (κ3) is 2.21. The number of hydrogen-bond acceptors (Lipinski definition) is 3. The number of nitrogens with zero attached hydrogens (tertiary/aromatic N) is 2. The predicted molar refractivity (Wildman–Crippen MR) is 64.7 cm³/mol. The van der Waals surface area contributed by atoms with Gasteiger partial charge in [0.2, 0.25) is 0 Å². The molecule has 1 aromatic heterocycles. The van der Waals surface area contributed by atoms with E-state index in [0.717, 1.165) is 12.4 Å². The Morgan fingerprint density at radius 1 is 1.44 bits per heavy atom. The van der Waals surface area contributed by atoms with Crippen molar-refractivity contribution in [2.24, 2.45) is 0 Å². The van der Waals surface area contributed by atoms with Crippen LogP contribution in [-0.4, -0.2) is 41.3 Å². The van der Waals surface area contributed by atoms with Crippen molar-refractivity contribution < 1.29 is 0 Å². The normalized spacial score (nSPS) is 26.9. The van der Waals surface area contributed by atoms with Crippen molar-refractivity contribution in [2.45, 2.75) is 37.6 Å². The molecular formula is C12H20N4. The van der Waals surface area contributed by atoms with Gasteiger partial charge in [-0.1, -0.05) is 0 Å². The molecule has 1 saturated heterocycles. The van der Waals surface area contributed by atoms with E-state index in [2.05, 4.69) is 33.5 Å². The number of rotatable bonds is 3. The van der Waals surface area contributed by atoms with Crippen LogP contribution < -0.4 is 5.32 Å². The lowest BCUT2D eigenvalue weighted by Crippen LogP contribution is -2.30. The second-order valence-corrected chi connectivity index (χ2v) is 5.23. The highest BCUT2D eigenvalue weighted by atomic mass is 15.2. The third-order valence-electron chi connectivity index (χ3n) is 3.59. The molecule has 4 heteroatoms. The molecule has 2 fully saturated rings. The molecule has 1 unspecified atom stereocenters. The van der Waals surface area contributed by atoms with Crippen molar-refractivity contribution in [3.63, 3.8) is 0 Å². The first kappa shape index (κ1) is 10.1. The summed E-state index contributed by atoms with van der Waals surface area (Å²) in [5, 5.41) is 11.0. The first-order chi connectivity index (χ1) is 7.81. The first-order valence-electron chi connectivity index (χ1n) is 6.31. The summed E-state index contributed by atoms with van der Waals surface area (Å²) in [7, 11) is 2.20. The van der Waals surface area contributed by atoms with Crippen LogP contribution in [0.25, 0.3) is 0 Å². The van der Waals surface area contributed by atoms with Crippen LogP contribution in [0.3, 0.4) is 0 Å². The van der Waals surface area contributed by atoms with Crippen LogP contribution >= 0.6 is 0 Å². The molecule has 0 bridgehead atoms. The Kier molecular flexibility index (Phi) is 2.59. The highest BCUT2D eigenvalue weighted by Crippen LogP contribution is 2.28. The number of piperidine rings is 1. The fourth-order valence-corrected chi connectivity index (χ4v) is 2.48. The molecule has 1 atom stereocenters. The molecule has 4 nitrogen and oxygen atoms in total.